The van der Waals surface area contributed by atoms with Gasteiger partial charge in [0.05, 0.1) is 11.2 Å². The predicted octanol–water partition coefficient (Wildman–Crippen LogP) is -0.296. The van der Waals surface area contributed by atoms with Crippen LogP contribution in [0, 0.1) is 0 Å². The van der Waals surface area contributed by atoms with Crippen molar-refractivity contribution in [3.05, 3.63) is 0 Å². The summed E-state index contributed by atoms with van der Waals surface area (Å²) in [5.74, 6) is 0. The first kappa shape index (κ1) is 20.8. The van der Waals surface area contributed by atoms with E-state index >= 15 is 0 Å². The second kappa shape index (κ2) is 8.58. The Hall–Kier alpha value is 0.450. The van der Waals surface area contributed by atoms with Gasteiger partial charge in [0.15, 0.2) is 0 Å². The first-order chi connectivity index (χ1) is 5.94. The van der Waals surface area contributed by atoms with Gasteiger partial charge in [0, 0.05) is 0 Å². The third-order valence-electron chi connectivity index (χ3n) is 0.542. The fraction of sp³-hybridized carbons (Fsp3) is 0.889. The molecule has 0 aliphatic rings. The molecule has 0 saturated carbocycles. The van der Waals surface area contributed by atoms with E-state index in [1.807, 2.05) is 41.5 Å². The molecule has 6 heteroatoms. The minimum absolute atomic E-state index is 0. The third-order valence-corrected chi connectivity index (χ3v) is 0.542. The average molecular weight is 246 g/mol. The predicted molar refractivity (Wildman–Crippen MR) is 52.8 cm³/mol. The summed E-state index contributed by atoms with van der Waals surface area (Å²) < 4.78 is 0. The van der Waals surface area contributed by atoms with Crippen LogP contribution in [0.4, 0.5) is 4.79 Å². The Morgan fingerprint density at radius 2 is 1.00 bits per heavy atom. The summed E-state index contributed by atoms with van der Waals surface area (Å²) >= 11 is 0. The fourth-order valence-corrected chi connectivity index (χ4v) is 0.250. The smallest absolute Gasteiger partial charge is 0.652 e. The van der Waals surface area contributed by atoms with Crippen molar-refractivity contribution in [3.8, 4) is 0 Å². The zero-order valence-electron chi connectivity index (χ0n) is 10.2. The number of carbonyl (C=O) groups excluding carboxylic acids is 1. The van der Waals surface area contributed by atoms with Gasteiger partial charge in [0.1, 0.15) is 0 Å². The van der Waals surface area contributed by atoms with Crippen LogP contribution in [0.15, 0.2) is 0 Å². The van der Waals surface area contributed by atoms with Crippen molar-refractivity contribution in [2.45, 2.75) is 52.7 Å². The van der Waals surface area contributed by atoms with E-state index in [1.54, 1.807) is 0 Å². The fourth-order valence-electron chi connectivity index (χ4n) is 0.250. The third kappa shape index (κ3) is 40.4. The molecule has 86 valence electrons. The molecule has 0 unspecified atom stereocenters. The Labute approximate surface area is 121 Å². The summed E-state index contributed by atoms with van der Waals surface area (Å²) in [6, 6.07) is 0. The first-order valence-electron chi connectivity index (χ1n) is 4.19. The Kier molecular flexibility index (Phi) is 11.9. The first-order valence-corrected chi connectivity index (χ1v) is 4.19. The molecule has 0 bridgehead atoms. The van der Waals surface area contributed by atoms with Crippen LogP contribution in [0.1, 0.15) is 41.5 Å². The molecule has 0 aliphatic carbocycles. The summed E-state index contributed by atoms with van der Waals surface area (Å²) in [7, 11) is 0. The summed E-state index contributed by atoms with van der Waals surface area (Å²) in [5, 5.41) is 16.7. The summed E-state index contributed by atoms with van der Waals surface area (Å²) in [5.41, 5.74) is -0.430. The van der Waals surface area contributed by atoms with E-state index < -0.39 is 6.16 Å². The molecule has 0 amide bonds. The minimum Gasteiger partial charge on any atom is -0.652 e. The van der Waals surface area contributed by atoms with Crippen LogP contribution in [0.25, 0.3) is 0 Å². The van der Waals surface area contributed by atoms with Gasteiger partial charge in [-0.25, -0.2) is 9.78 Å². The van der Waals surface area contributed by atoms with Gasteiger partial charge < -0.3 is 15.0 Å². The molecule has 0 heterocycles. The van der Waals surface area contributed by atoms with Crippen LogP contribution in [0.2, 0.25) is 0 Å². The normalized spacial score (nSPS) is 10.8. The molecule has 0 aliphatic heterocycles. The zero-order valence-corrected chi connectivity index (χ0v) is 12.5. The molecular formula is C9H18CaO5. The second-order valence-electron chi connectivity index (χ2n) is 4.64. The number of carbonyl (C=O) groups is 1. The van der Waals surface area contributed by atoms with Gasteiger partial charge in [-0.05, 0) is 47.7 Å². The second-order valence-corrected chi connectivity index (χ2v) is 4.64. The molecule has 0 saturated heterocycles. The van der Waals surface area contributed by atoms with Gasteiger partial charge in [-0.15, -0.1) is 0 Å². The molecule has 0 rings (SSSR count). The molecule has 0 N–H and O–H groups in total. The van der Waals surface area contributed by atoms with Crippen molar-refractivity contribution in [3.63, 3.8) is 0 Å². The largest absolute Gasteiger partial charge is 2.00 e. The summed E-state index contributed by atoms with van der Waals surface area (Å²) in [4.78, 5) is 18.5. The van der Waals surface area contributed by atoms with Gasteiger partial charge >= 0.3 is 37.7 Å². The van der Waals surface area contributed by atoms with Crippen LogP contribution >= 0.6 is 0 Å². The molecular weight excluding hydrogens is 228 g/mol. The molecule has 0 spiro atoms. The van der Waals surface area contributed by atoms with Crippen LogP contribution in [-0.4, -0.2) is 55.1 Å². The molecule has 0 radical (unpaired) electrons. The van der Waals surface area contributed by atoms with Crippen LogP contribution in [0.5, 0.6) is 0 Å². The van der Waals surface area contributed by atoms with E-state index in [2.05, 4.69) is 0 Å². The van der Waals surface area contributed by atoms with Crippen molar-refractivity contribution >= 4 is 43.9 Å². The Morgan fingerprint density at radius 1 is 0.867 bits per heavy atom. The van der Waals surface area contributed by atoms with Gasteiger partial charge in [-0.3, -0.25) is 0 Å². The summed E-state index contributed by atoms with van der Waals surface area (Å²) in [6.45, 7) is 11.7. The topological polar surface area (TPSA) is 81.7 Å². The molecule has 0 atom stereocenters. The number of hydrogen-bond acceptors (Lipinski definition) is 5. The quantitative estimate of drug-likeness (QED) is 0.360. The van der Waals surface area contributed by atoms with Gasteiger partial charge in [0.2, 0.25) is 0 Å². The van der Waals surface area contributed by atoms with E-state index in [0.29, 0.717) is 0 Å². The van der Waals surface area contributed by atoms with Crippen molar-refractivity contribution in [1.29, 1.82) is 0 Å². The summed E-state index contributed by atoms with van der Waals surface area (Å²) in [6.07, 6.45) is -2.33. The van der Waals surface area contributed by atoms with E-state index in [1.165, 1.54) is 0 Å². The SMILES string of the molecule is CC(C)(C)OOC(C)(C)C.O=C([O-])[O-].[Ca+2]. The maximum Gasteiger partial charge on any atom is 2.00 e. The number of carboxylic acid groups (broad SMARTS) is 2. The maximum absolute atomic E-state index is 8.33. The Bertz CT molecular complexity index is 150. The average Bonchev–Trinajstić information content (AvgIpc) is 1.79. The molecule has 0 aromatic heterocycles. The van der Waals surface area contributed by atoms with Gasteiger partial charge in [-0.2, -0.15) is 0 Å². The van der Waals surface area contributed by atoms with Crippen molar-refractivity contribution in [2.75, 3.05) is 0 Å². The molecule has 0 fully saturated rings. The zero-order chi connectivity index (χ0) is 12.0. The maximum atomic E-state index is 8.33. The van der Waals surface area contributed by atoms with Crippen LogP contribution in [0.3, 0.4) is 0 Å². The Balaban J connectivity index is -0.000000249. The minimum atomic E-state index is -2.33. The van der Waals surface area contributed by atoms with Gasteiger partial charge in [-0.1, -0.05) is 0 Å². The van der Waals surface area contributed by atoms with E-state index in [-0.39, 0.29) is 48.9 Å². The molecule has 0 aromatic rings. The molecule has 15 heavy (non-hydrogen) atoms. The number of hydrogen-bond donors (Lipinski definition) is 0. The van der Waals surface area contributed by atoms with Crippen LogP contribution in [-0.2, 0) is 9.78 Å². The van der Waals surface area contributed by atoms with E-state index in [0.717, 1.165) is 0 Å². The molecule has 5 nitrogen and oxygen atoms in total. The monoisotopic (exact) mass is 246 g/mol. The van der Waals surface area contributed by atoms with Crippen molar-refractivity contribution in [1.82, 2.24) is 0 Å². The van der Waals surface area contributed by atoms with Gasteiger partial charge in [0.25, 0.3) is 0 Å². The standard InChI is InChI=1S/C8H18O2.CH2O3.Ca/c1-7(2,3)9-10-8(4,5)6;2-1(3)4;/h1-6H3;(H2,2,3,4);/q;;+2/p-2. The van der Waals surface area contributed by atoms with Crippen molar-refractivity contribution in [2.24, 2.45) is 0 Å². The Morgan fingerprint density at radius 3 is 1.07 bits per heavy atom. The number of rotatable bonds is 1. The van der Waals surface area contributed by atoms with E-state index in [4.69, 9.17) is 24.8 Å². The van der Waals surface area contributed by atoms with E-state index in [9.17, 15) is 0 Å². The van der Waals surface area contributed by atoms with Crippen LogP contribution < -0.4 is 10.2 Å². The van der Waals surface area contributed by atoms with Crippen molar-refractivity contribution < 1.29 is 24.8 Å². The molecule has 0 aromatic carbocycles.